The highest BCUT2D eigenvalue weighted by Gasteiger charge is 2.49. The van der Waals surface area contributed by atoms with Crippen LogP contribution >= 0.6 is 0 Å². The third kappa shape index (κ3) is 5.25. The summed E-state index contributed by atoms with van der Waals surface area (Å²) in [6, 6.07) is 56.8. The molecule has 0 fully saturated rings. The lowest BCUT2D eigenvalue weighted by molar-refractivity contribution is 0.600. The predicted octanol–water partition coefficient (Wildman–Crippen LogP) is 18.8. The molecule has 2 heterocycles. The molecular formula is C67H55NO2. The molecule has 0 saturated heterocycles. The molecule has 2 aromatic heterocycles. The van der Waals surface area contributed by atoms with Gasteiger partial charge in [0.2, 0.25) is 0 Å². The number of anilines is 3. The van der Waals surface area contributed by atoms with E-state index in [2.05, 4.69) is 226 Å². The molecule has 14 rings (SSSR count). The molecule has 0 saturated carbocycles. The Morgan fingerprint density at radius 2 is 0.900 bits per heavy atom. The maximum absolute atomic E-state index is 7.00. The van der Waals surface area contributed by atoms with Crippen molar-refractivity contribution >= 4 is 60.9 Å². The summed E-state index contributed by atoms with van der Waals surface area (Å²) in [7, 11) is 0. The molecule has 3 aliphatic rings. The van der Waals surface area contributed by atoms with E-state index in [1.807, 2.05) is 0 Å². The van der Waals surface area contributed by atoms with Gasteiger partial charge in [-0.1, -0.05) is 162 Å². The van der Waals surface area contributed by atoms with Crippen LogP contribution in [0.4, 0.5) is 17.1 Å². The highest BCUT2D eigenvalue weighted by Crippen LogP contribution is 2.64. The first kappa shape index (κ1) is 41.4. The van der Waals surface area contributed by atoms with E-state index in [-0.39, 0.29) is 16.2 Å². The summed E-state index contributed by atoms with van der Waals surface area (Å²) in [6.45, 7) is 23.5. The summed E-state index contributed by atoms with van der Waals surface area (Å²) in [5, 5.41) is 4.75. The predicted molar refractivity (Wildman–Crippen MR) is 293 cm³/mol. The Balaban J connectivity index is 1.00. The molecule has 11 aromatic rings. The fraction of sp³-hybridized carbons (Fsp3) is 0.194. The molecule has 3 heteroatoms. The van der Waals surface area contributed by atoms with E-state index in [9.17, 15) is 0 Å². The van der Waals surface area contributed by atoms with Crippen molar-refractivity contribution in [1.29, 1.82) is 0 Å². The Kier molecular flexibility index (Phi) is 8.15. The molecule has 0 amide bonds. The summed E-state index contributed by atoms with van der Waals surface area (Å²) in [5.74, 6) is 0. The van der Waals surface area contributed by atoms with Crippen molar-refractivity contribution in [3.05, 3.63) is 207 Å². The SMILES string of the molecule is Cc1ccc(-c2cc3c(c4c2oc2ccccc24)-c2ccc(N(c4ccc5c(c4)C(C)(C)c4c6c(c7oc8ccccc8c7c4-5)-c4ccccc4C6(C)C)c4c(C)cc(C)cc4C)cc2C3(C)C)cc1. The van der Waals surface area contributed by atoms with Crippen molar-refractivity contribution in [1.82, 2.24) is 0 Å². The Bertz CT molecular complexity index is 4110. The van der Waals surface area contributed by atoms with Crippen LogP contribution in [0.2, 0.25) is 0 Å². The van der Waals surface area contributed by atoms with Crippen molar-refractivity contribution in [3.8, 4) is 44.5 Å². The second-order valence-electron chi connectivity index (χ2n) is 22.3. The highest BCUT2D eigenvalue weighted by atomic mass is 16.3. The minimum absolute atomic E-state index is 0.225. The van der Waals surface area contributed by atoms with E-state index in [1.54, 1.807) is 0 Å². The van der Waals surface area contributed by atoms with Crippen molar-refractivity contribution in [2.45, 2.75) is 85.5 Å². The molecule has 0 spiro atoms. The standard InChI is InChI=1S/C67H55NO2/c1-36-23-25-40(26-24-36)48-35-52-55(57-46-18-12-15-21-53(46)69-63(48)57)44-29-27-41(33-50(44)65(52,5)6)68(62-38(3)31-37(2)32-39(62)4)42-28-30-45-51(34-42)67(9,10)60-56(45)58-47-19-13-16-22-54(47)70-64(58)59-43-17-11-14-20-49(43)66(7,8)61(59)60/h11-35H,1-10H3. The Morgan fingerprint density at radius 1 is 0.386 bits per heavy atom. The molecule has 340 valence electrons. The van der Waals surface area contributed by atoms with Crippen LogP contribution in [-0.4, -0.2) is 0 Å². The molecule has 0 N–H and O–H groups in total. The monoisotopic (exact) mass is 905 g/mol. The van der Waals surface area contributed by atoms with Gasteiger partial charge in [-0.25, -0.2) is 0 Å². The smallest absolute Gasteiger partial charge is 0.144 e. The maximum Gasteiger partial charge on any atom is 0.144 e. The third-order valence-corrected chi connectivity index (χ3v) is 16.9. The topological polar surface area (TPSA) is 29.5 Å². The van der Waals surface area contributed by atoms with Crippen molar-refractivity contribution in [3.63, 3.8) is 0 Å². The van der Waals surface area contributed by atoms with Crippen LogP contribution in [0.15, 0.2) is 160 Å². The van der Waals surface area contributed by atoms with Crippen molar-refractivity contribution in [2.75, 3.05) is 4.90 Å². The third-order valence-electron chi connectivity index (χ3n) is 16.9. The van der Waals surface area contributed by atoms with Crippen molar-refractivity contribution in [2.24, 2.45) is 0 Å². The van der Waals surface area contributed by atoms with Crippen LogP contribution in [0.5, 0.6) is 0 Å². The zero-order valence-corrected chi connectivity index (χ0v) is 41.7. The van der Waals surface area contributed by atoms with Crippen LogP contribution in [0, 0.1) is 27.7 Å². The van der Waals surface area contributed by atoms with Crippen molar-refractivity contribution < 1.29 is 8.83 Å². The van der Waals surface area contributed by atoms with Gasteiger partial charge in [-0.15, -0.1) is 0 Å². The second kappa shape index (κ2) is 13.8. The summed E-state index contributed by atoms with van der Waals surface area (Å²) in [4.78, 5) is 2.55. The maximum atomic E-state index is 7.00. The van der Waals surface area contributed by atoms with Gasteiger partial charge in [0.05, 0.1) is 5.69 Å². The molecule has 0 unspecified atom stereocenters. The number of hydrogen-bond donors (Lipinski definition) is 0. The van der Waals surface area contributed by atoms with E-state index in [4.69, 9.17) is 8.83 Å². The molecule has 9 aromatic carbocycles. The van der Waals surface area contributed by atoms with E-state index >= 15 is 0 Å². The van der Waals surface area contributed by atoms with Gasteiger partial charge in [0, 0.05) is 60.3 Å². The number of furan rings is 2. The first-order chi connectivity index (χ1) is 33.6. The Morgan fingerprint density at radius 3 is 1.56 bits per heavy atom. The number of benzene rings is 9. The highest BCUT2D eigenvalue weighted by molar-refractivity contribution is 6.21. The van der Waals surface area contributed by atoms with Gasteiger partial charge in [-0.05, 0) is 148 Å². The molecule has 70 heavy (non-hydrogen) atoms. The lowest BCUT2D eigenvalue weighted by Gasteiger charge is -2.33. The summed E-state index contributed by atoms with van der Waals surface area (Å²) in [6.07, 6.45) is 0. The van der Waals surface area contributed by atoms with E-state index in [0.29, 0.717) is 0 Å². The lowest BCUT2D eigenvalue weighted by Crippen LogP contribution is -2.24. The molecule has 3 nitrogen and oxygen atoms in total. The Hall–Kier alpha value is -7.62. The zero-order valence-electron chi connectivity index (χ0n) is 41.7. The van der Waals surface area contributed by atoms with E-state index in [1.165, 1.54) is 116 Å². The van der Waals surface area contributed by atoms with Gasteiger partial charge < -0.3 is 13.7 Å². The number of para-hydroxylation sites is 2. The zero-order chi connectivity index (χ0) is 47.9. The average molecular weight is 906 g/mol. The summed E-state index contributed by atoms with van der Waals surface area (Å²) >= 11 is 0. The quantitative estimate of drug-likeness (QED) is 0.176. The van der Waals surface area contributed by atoms with Gasteiger partial charge in [0.25, 0.3) is 0 Å². The molecule has 3 aliphatic carbocycles. The first-order valence-corrected chi connectivity index (χ1v) is 25.0. The molecular weight excluding hydrogens is 851 g/mol. The average Bonchev–Trinajstić information content (AvgIpc) is 4.09. The number of fused-ring (bicyclic) bond motifs is 19. The van der Waals surface area contributed by atoms with Gasteiger partial charge in [0.15, 0.2) is 0 Å². The van der Waals surface area contributed by atoms with E-state index in [0.717, 1.165) is 44.7 Å². The number of aryl methyl sites for hydroxylation is 4. The van der Waals surface area contributed by atoms with Crippen LogP contribution in [0.25, 0.3) is 88.4 Å². The number of rotatable bonds is 4. The number of hydrogen-bond acceptors (Lipinski definition) is 3. The molecule has 0 aliphatic heterocycles. The first-order valence-electron chi connectivity index (χ1n) is 25.0. The second-order valence-corrected chi connectivity index (χ2v) is 22.3. The molecule has 0 radical (unpaired) electrons. The molecule has 0 bridgehead atoms. The number of nitrogens with zero attached hydrogens (tertiary/aromatic N) is 1. The van der Waals surface area contributed by atoms with Gasteiger partial charge in [-0.2, -0.15) is 0 Å². The Labute approximate surface area is 410 Å². The lowest BCUT2D eigenvalue weighted by atomic mass is 9.72. The summed E-state index contributed by atoms with van der Waals surface area (Å²) < 4.78 is 13.8. The van der Waals surface area contributed by atoms with Gasteiger partial charge in [0.1, 0.15) is 22.3 Å². The minimum Gasteiger partial charge on any atom is -0.455 e. The largest absolute Gasteiger partial charge is 0.455 e. The fourth-order valence-electron chi connectivity index (χ4n) is 13.8. The van der Waals surface area contributed by atoms with Crippen LogP contribution < -0.4 is 4.90 Å². The molecule has 0 atom stereocenters. The fourth-order valence-corrected chi connectivity index (χ4v) is 13.8. The van der Waals surface area contributed by atoms with Gasteiger partial charge in [-0.3, -0.25) is 0 Å². The van der Waals surface area contributed by atoms with Crippen LogP contribution in [-0.2, 0) is 16.2 Å². The van der Waals surface area contributed by atoms with E-state index < -0.39 is 0 Å². The summed E-state index contributed by atoms with van der Waals surface area (Å²) in [5.41, 5.74) is 29.7. The normalized spacial score (nSPS) is 15.3. The van der Waals surface area contributed by atoms with Crippen LogP contribution in [0.1, 0.15) is 97.2 Å². The van der Waals surface area contributed by atoms with Crippen LogP contribution in [0.3, 0.4) is 0 Å². The van der Waals surface area contributed by atoms with Gasteiger partial charge >= 0.3 is 0 Å². The minimum atomic E-state index is -0.324.